The molecule has 0 aliphatic heterocycles. The van der Waals surface area contributed by atoms with Crippen LogP contribution in [0.1, 0.15) is 11.3 Å². The highest BCUT2D eigenvalue weighted by Crippen LogP contribution is 2.12. The third-order valence-electron chi connectivity index (χ3n) is 2.57. The number of benzene rings is 1. The summed E-state index contributed by atoms with van der Waals surface area (Å²) in [4.78, 5) is 14.5. The van der Waals surface area contributed by atoms with Gasteiger partial charge >= 0.3 is 5.97 Å². The van der Waals surface area contributed by atoms with E-state index >= 15 is 0 Å². The Labute approximate surface area is 110 Å². The van der Waals surface area contributed by atoms with Crippen LogP contribution in [0.4, 0.5) is 0 Å². The van der Waals surface area contributed by atoms with Crippen molar-refractivity contribution in [1.82, 2.24) is 9.55 Å². The zero-order chi connectivity index (χ0) is 13.7. The lowest BCUT2D eigenvalue weighted by molar-refractivity contribution is -0.131. The van der Waals surface area contributed by atoms with Gasteiger partial charge in [0.2, 0.25) is 0 Å². The van der Waals surface area contributed by atoms with Gasteiger partial charge in [-0.2, -0.15) is 0 Å². The van der Waals surface area contributed by atoms with Crippen LogP contribution in [-0.4, -0.2) is 27.7 Å². The van der Waals surface area contributed by atoms with Crippen LogP contribution in [-0.2, 0) is 11.3 Å². The molecule has 0 atom stereocenters. The molecule has 0 radical (unpaired) electrons. The Morgan fingerprint density at radius 2 is 2.16 bits per heavy atom. The van der Waals surface area contributed by atoms with E-state index in [0.29, 0.717) is 12.2 Å². The van der Waals surface area contributed by atoms with Crippen molar-refractivity contribution in [3.8, 4) is 5.75 Å². The molecule has 2 aromatic rings. The second-order valence-electron chi connectivity index (χ2n) is 3.99. The lowest BCUT2D eigenvalue weighted by atomic mass is 10.2. The number of carboxylic acid groups (broad SMARTS) is 1. The number of carboxylic acids is 1. The van der Waals surface area contributed by atoms with Gasteiger partial charge < -0.3 is 14.4 Å². The van der Waals surface area contributed by atoms with Crippen molar-refractivity contribution in [2.45, 2.75) is 6.54 Å². The molecule has 1 N–H and O–H groups in total. The molecule has 0 fully saturated rings. The largest absolute Gasteiger partial charge is 0.497 e. The molecule has 1 aromatic heterocycles. The first kappa shape index (κ1) is 12.9. The molecule has 0 aliphatic carbocycles. The average molecular weight is 258 g/mol. The number of aliphatic carboxylic acids is 1. The van der Waals surface area contributed by atoms with Gasteiger partial charge in [0.05, 0.1) is 19.1 Å². The first-order chi connectivity index (χ1) is 9.17. The van der Waals surface area contributed by atoms with E-state index in [4.69, 9.17) is 9.84 Å². The van der Waals surface area contributed by atoms with Gasteiger partial charge in [-0.1, -0.05) is 12.1 Å². The van der Waals surface area contributed by atoms with Crippen LogP contribution in [0.3, 0.4) is 0 Å². The van der Waals surface area contributed by atoms with Gasteiger partial charge in [0, 0.05) is 18.8 Å². The summed E-state index contributed by atoms with van der Waals surface area (Å²) in [7, 11) is 1.63. The number of nitrogens with zero attached hydrogens (tertiary/aromatic N) is 2. The van der Waals surface area contributed by atoms with E-state index in [2.05, 4.69) is 4.98 Å². The van der Waals surface area contributed by atoms with Gasteiger partial charge in [-0.05, 0) is 23.8 Å². The maximum Gasteiger partial charge on any atom is 0.328 e. The second-order valence-corrected chi connectivity index (χ2v) is 3.99. The van der Waals surface area contributed by atoms with Gasteiger partial charge in [0.25, 0.3) is 0 Å². The SMILES string of the molecule is COc1ccc(Cn2cnc(C=CC(=O)O)c2)cc1. The van der Waals surface area contributed by atoms with Gasteiger partial charge in [0.15, 0.2) is 0 Å². The Morgan fingerprint density at radius 3 is 2.79 bits per heavy atom. The van der Waals surface area contributed by atoms with Crippen molar-refractivity contribution in [2.75, 3.05) is 7.11 Å². The van der Waals surface area contributed by atoms with Crippen LogP contribution in [0.2, 0.25) is 0 Å². The average Bonchev–Trinajstić information content (AvgIpc) is 2.85. The summed E-state index contributed by atoms with van der Waals surface area (Å²) in [5, 5.41) is 8.53. The maximum atomic E-state index is 10.4. The van der Waals surface area contributed by atoms with E-state index in [-0.39, 0.29) is 0 Å². The van der Waals surface area contributed by atoms with E-state index in [0.717, 1.165) is 17.4 Å². The van der Waals surface area contributed by atoms with E-state index in [1.807, 2.05) is 28.8 Å². The monoisotopic (exact) mass is 258 g/mol. The third kappa shape index (κ3) is 3.70. The maximum absolute atomic E-state index is 10.4. The minimum atomic E-state index is -0.982. The van der Waals surface area contributed by atoms with Crippen LogP contribution < -0.4 is 4.74 Å². The molecule has 19 heavy (non-hydrogen) atoms. The van der Waals surface area contributed by atoms with E-state index in [1.165, 1.54) is 6.08 Å². The zero-order valence-electron chi connectivity index (χ0n) is 10.5. The molecule has 0 aliphatic rings. The molecular weight excluding hydrogens is 244 g/mol. The fourth-order valence-electron chi connectivity index (χ4n) is 1.65. The fraction of sp³-hybridized carbons (Fsp3) is 0.143. The van der Waals surface area contributed by atoms with Crippen LogP contribution in [0, 0.1) is 0 Å². The number of rotatable bonds is 5. The highest BCUT2D eigenvalue weighted by Gasteiger charge is 1.99. The lowest BCUT2D eigenvalue weighted by Crippen LogP contribution is -1.96. The Hall–Kier alpha value is -2.56. The third-order valence-corrected chi connectivity index (χ3v) is 2.57. The quantitative estimate of drug-likeness (QED) is 0.833. The van der Waals surface area contributed by atoms with Crippen molar-refractivity contribution in [2.24, 2.45) is 0 Å². The Balaban J connectivity index is 2.04. The Kier molecular flexibility index (Phi) is 3.97. The molecule has 98 valence electrons. The van der Waals surface area contributed by atoms with Crippen LogP contribution >= 0.6 is 0 Å². The van der Waals surface area contributed by atoms with Crippen molar-refractivity contribution < 1.29 is 14.6 Å². The summed E-state index contributed by atoms with van der Waals surface area (Å²) in [6.45, 7) is 0.678. The fourth-order valence-corrected chi connectivity index (χ4v) is 1.65. The molecule has 5 nitrogen and oxygen atoms in total. The van der Waals surface area contributed by atoms with Gasteiger partial charge in [-0.3, -0.25) is 0 Å². The van der Waals surface area contributed by atoms with E-state index in [9.17, 15) is 4.79 Å². The van der Waals surface area contributed by atoms with Crippen LogP contribution in [0.5, 0.6) is 5.75 Å². The van der Waals surface area contributed by atoms with Crippen molar-refractivity contribution >= 4 is 12.0 Å². The van der Waals surface area contributed by atoms with Crippen LogP contribution in [0.25, 0.3) is 6.08 Å². The number of imidazole rings is 1. The number of methoxy groups -OCH3 is 1. The summed E-state index contributed by atoms with van der Waals surface area (Å²) in [6.07, 6.45) is 6.00. The first-order valence-electron chi connectivity index (χ1n) is 5.73. The minimum absolute atomic E-state index is 0.621. The smallest absolute Gasteiger partial charge is 0.328 e. The molecule has 1 aromatic carbocycles. The Bertz CT molecular complexity index is 585. The molecule has 0 bridgehead atoms. The van der Waals surface area contributed by atoms with Crippen molar-refractivity contribution in [1.29, 1.82) is 0 Å². The standard InChI is InChI=1S/C14H14N2O3/c1-19-13-5-2-11(3-6-13)8-16-9-12(15-10-16)4-7-14(17)18/h2-7,9-10H,8H2,1H3,(H,17,18). The summed E-state index contributed by atoms with van der Waals surface area (Å²) in [6, 6.07) is 7.76. The summed E-state index contributed by atoms with van der Waals surface area (Å²) >= 11 is 0. The first-order valence-corrected chi connectivity index (χ1v) is 5.73. The number of ether oxygens (including phenoxy) is 1. The van der Waals surface area contributed by atoms with Gasteiger partial charge in [-0.25, -0.2) is 9.78 Å². The highest BCUT2D eigenvalue weighted by atomic mass is 16.5. The molecule has 0 spiro atoms. The molecule has 0 unspecified atom stereocenters. The molecular formula is C14H14N2O3. The van der Waals surface area contributed by atoms with Gasteiger partial charge in [0.1, 0.15) is 5.75 Å². The highest BCUT2D eigenvalue weighted by molar-refractivity contribution is 5.84. The number of hydrogen-bond donors (Lipinski definition) is 1. The Morgan fingerprint density at radius 1 is 1.42 bits per heavy atom. The molecule has 1 heterocycles. The van der Waals surface area contributed by atoms with Crippen LogP contribution in [0.15, 0.2) is 42.9 Å². The van der Waals surface area contributed by atoms with Crippen molar-refractivity contribution in [3.63, 3.8) is 0 Å². The minimum Gasteiger partial charge on any atom is -0.497 e. The topological polar surface area (TPSA) is 64.4 Å². The lowest BCUT2D eigenvalue weighted by Gasteiger charge is -2.03. The van der Waals surface area contributed by atoms with E-state index in [1.54, 1.807) is 19.6 Å². The molecule has 2 rings (SSSR count). The van der Waals surface area contributed by atoms with Crippen molar-refractivity contribution in [3.05, 3.63) is 54.1 Å². The number of aromatic nitrogens is 2. The predicted octanol–water partition coefficient (Wildman–Crippen LogP) is 2.04. The summed E-state index contributed by atoms with van der Waals surface area (Å²) in [5.41, 5.74) is 1.74. The number of carbonyl (C=O) groups is 1. The second kappa shape index (κ2) is 5.86. The molecule has 0 saturated carbocycles. The van der Waals surface area contributed by atoms with Gasteiger partial charge in [-0.15, -0.1) is 0 Å². The van der Waals surface area contributed by atoms with E-state index < -0.39 is 5.97 Å². The molecule has 0 amide bonds. The summed E-state index contributed by atoms with van der Waals surface area (Å²) < 4.78 is 6.99. The summed E-state index contributed by atoms with van der Waals surface area (Å²) in [5.74, 6) is -0.163. The predicted molar refractivity (Wildman–Crippen MR) is 71.0 cm³/mol. The normalized spacial score (nSPS) is 10.8. The number of hydrogen-bond acceptors (Lipinski definition) is 3. The zero-order valence-corrected chi connectivity index (χ0v) is 10.5. The molecule has 5 heteroatoms. The molecule has 0 saturated heterocycles.